The molecule has 1 fully saturated rings. The Morgan fingerprint density at radius 1 is 1.21 bits per heavy atom. The van der Waals surface area contributed by atoms with E-state index in [9.17, 15) is 0 Å². The van der Waals surface area contributed by atoms with Crippen molar-refractivity contribution in [3.63, 3.8) is 0 Å². The van der Waals surface area contributed by atoms with Gasteiger partial charge in [0.2, 0.25) is 0 Å². The summed E-state index contributed by atoms with van der Waals surface area (Å²) in [7, 11) is 0. The second-order valence-electron chi connectivity index (χ2n) is 6.00. The zero-order valence-electron chi connectivity index (χ0n) is 12.2. The fraction of sp³-hybridized carbons (Fsp3) is 0.588. The van der Waals surface area contributed by atoms with E-state index in [0.717, 1.165) is 17.4 Å². The Morgan fingerprint density at radius 3 is 2.53 bits per heavy atom. The summed E-state index contributed by atoms with van der Waals surface area (Å²) in [5.74, 6) is 1.56. The number of rotatable bonds is 3. The summed E-state index contributed by atoms with van der Waals surface area (Å²) in [6.07, 6.45) is 3.99. The van der Waals surface area contributed by atoms with Crippen LogP contribution in [-0.2, 0) is 0 Å². The smallest absolute Gasteiger partial charge is 0.0991 e. The van der Waals surface area contributed by atoms with Gasteiger partial charge in [0.05, 0.1) is 11.6 Å². The Hall–Kier alpha value is -1.33. The van der Waals surface area contributed by atoms with E-state index in [1.807, 2.05) is 12.1 Å². The molecule has 1 aliphatic rings. The van der Waals surface area contributed by atoms with Gasteiger partial charge in [-0.25, -0.2) is 0 Å². The molecule has 0 bridgehead atoms. The van der Waals surface area contributed by atoms with Crippen molar-refractivity contribution in [2.75, 3.05) is 0 Å². The van der Waals surface area contributed by atoms with Crippen molar-refractivity contribution in [2.24, 2.45) is 11.8 Å². The van der Waals surface area contributed by atoms with E-state index >= 15 is 0 Å². The summed E-state index contributed by atoms with van der Waals surface area (Å²) in [6.45, 7) is 6.95. The summed E-state index contributed by atoms with van der Waals surface area (Å²) in [4.78, 5) is 0. The maximum atomic E-state index is 8.83. The molecule has 0 aliphatic heterocycles. The highest BCUT2D eigenvalue weighted by atomic mass is 15.0. The zero-order chi connectivity index (χ0) is 13.8. The molecule has 0 aromatic heterocycles. The average Bonchev–Trinajstić information content (AvgIpc) is 2.44. The molecule has 1 N–H and O–H groups in total. The Bertz CT molecular complexity index is 443. The Labute approximate surface area is 116 Å². The highest BCUT2D eigenvalue weighted by Crippen LogP contribution is 2.31. The predicted octanol–water partition coefficient (Wildman–Crippen LogP) is 4.03. The van der Waals surface area contributed by atoms with Crippen molar-refractivity contribution >= 4 is 0 Å². The monoisotopic (exact) mass is 256 g/mol. The SMILES string of the molecule is C[C@@H]1[C@H](C)CCC[C@H]1N[C@@H](C)c1ccc(C#N)cc1. The molecule has 0 amide bonds. The molecule has 1 aromatic carbocycles. The van der Waals surface area contributed by atoms with Gasteiger partial charge in [-0.05, 0) is 42.9 Å². The Balaban J connectivity index is 1.99. The number of nitriles is 1. The van der Waals surface area contributed by atoms with E-state index in [1.54, 1.807) is 0 Å². The second-order valence-corrected chi connectivity index (χ2v) is 6.00. The summed E-state index contributed by atoms with van der Waals surface area (Å²) < 4.78 is 0. The Kier molecular flexibility index (Phi) is 4.61. The van der Waals surface area contributed by atoms with Crippen molar-refractivity contribution < 1.29 is 0 Å². The first kappa shape index (κ1) is 14.1. The van der Waals surface area contributed by atoms with Crippen LogP contribution in [0.25, 0.3) is 0 Å². The Morgan fingerprint density at radius 2 is 1.89 bits per heavy atom. The molecule has 1 aliphatic carbocycles. The van der Waals surface area contributed by atoms with Crippen LogP contribution in [0.1, 0.15) is 57.2 Å². The third-order valence-corrected chi connectivity index (χ3v) is 4.71. The highest BCUT2D eigenvalue weighted by Gasteiger charge is 2.27. The van der Waals surface area contributed by atoms with E-state index in [4.69, 9.17) is 5.26 Å². The van der Waals surface area contributed by atoms with Crippen LogP contribution in [0.4, 0.5) is 0 Å². The minimum Gasteiger partial charge on any atom is -0.307 e. The summed E-state index contributed by atoms with van der Waals surface area (Å²) in [5.41, 5.74) is 2.00. The van der Waals surface area contributed by atoms with Gasteiger partial charge in [-0.2, -0.15) is 5.26 Å². The molecule has 0 spiro atoms. The van der Waals surface area contributed by atoms with Crippen molar-refractivity contribution in [2.45, 2.75) is 52.1 Å². The number of hydrogen-bond donors (Lipinski definition) is 1. The topological polar surface area (TPSA) is 35.8 Å². The first-order valence-electron chi connectivity index (χ1n) is 7.38. The number of hydrogen-bond acceptors (Lipinski definition) is 2. The summed E-state index contributed by atoms with van der Waals surface area (Å²) in [6, 6.07) is 11.1. The summed E-state index contributed by atoms with van der Waals surface area (Å²) in [5, 5.41) is 12.6. The van der Waals surface area contributed by atoms with E-state index in [0.29, 0.717) is 12.1 Å². The van der Waals surface area contributed by atoms with Gasteiger partial charge in [-0.3, -0.25) is 0 Å². The number of nitrogens with zero attached hydrogens (tertiary/aromatic N) is 1. The van der Waals surface area contributed by atoms with E-state index < -0.39 is 0 Å². The number of nitrogens with one attached hydrogen (secondary N) is 1. The molecule has 2 heteroatoms. The van der Waals surface area contributed by atoms with Gasteiger partial charge in [-0.15, -0.1) is 0 Å². The minimum absolute atomic E-state index is 0.352. The third-order valence-electron chi connectivity index (χ3n) is 4.71. The maximum Gasteiger partial charge on any atom is 0.0991 e. The standard InChI is InChI=1S/C17H24N2/c1-12-5-4-6-17(13(12)2)19-14(3)16-9-7-15(11-18)8-10-16/h7-10,12-14,17,19H,4-6H2,1-3H3/t12-,13-,14+,17-/m1/s1. The van der Waals surface area contributed by atoms with Crippen LogP contribution >= 0.6 is 0 Å². The zero-order valence-corrected chi connectivity index (χ0v) is 12.2. The normalized spacial score (nSPS) is 28.6. The van der Waals surface area contributed by atoms with Gasteiger partial charge in [0.25, 0.3) is 0 Å². The van der Waals surface area contributed by atoms with Crippen LogP contribution in [0.15, 0.2) is 24.3 Å². The lowest BCUT2D eigenvalue weighted by Crippen LogP contribution is -2.41. The van der Waals surface area contributed by atoms with Crippen LogP contribution in [0.3, 0.4) is 0 Å². The molecule has 0 radical (unpaired) electrons. The molecular weight excluding hydrogens is 232 g/mol. The van der Waals surface area contributed by atoms with Crippen molar-refractivity contribution in [3.05, 3.63) is 35.4 Å². The molecule has 4 atom stereocenters. The second kappa shape index (κ2) is 6.21. The first-order chi connectivity index (χ1) is 9.11. The fourth-order valence-corrected chi connectivity index (χ4v) is 3.08. The van der Waals surface area contributed by atoms with E-state index in [-0.39, 0.29) is 0 Å². The predicted molar refractivity (Wildman–Crippen MR) is 78.7 cm³/mol. The molecule has 0 saturated heterocycles. The lowest BCUT2D eigenvalue weighted by atomic mass is 9.77. The van der Waals surface area contributed by atoms with Gasteiger partial charge in [0.15, 0.2) is 0 Å². The highest BCUT2D eigenvalue weighted by molar-refractivity contribution is 5.32. The van der Waals surface area contributed by atoms with Gasteiger partial charge in [0, 0.05) is 12.1 Å². The number of benzene rings is 1. The molecule has 1 saturated carbocycles. The van der Waals surface area contributed by atoms with Gasteiger partial charge < -0.3 is 5.32 Å². The van der Waals surface area contributed by atoms with Crippen molar-refractivity contribution in [1.29, 1.82) is 5.26 Å². The minimum atomic E-state index is 0.352. The largest absolute Gasteiger partial charge is 0.307 e. The average molecular weight is 256 g/mol. The lowest BCUT2D eigenvalue weighted by molar-refractivity contribution is 0.196. The molecular formula is C17H24N2. The van der Waals surface area contributed by atoms with Crippen LogP contribution < -0.4 is 5.32 Å². The van der Waals surface area contributed by atoms with E-state index in [2.05, 4.69) is 44.3 Å². The lowest BCUT2D eigenvalue weighted by Gasteiger charge is -2.36. The van der Waals surface area contributed by atoms with Crippen molar-refractivity contribution in [1.82, 2.24) is 5.32 Å². The molecule has 1 aromatic rings. The molecule has 2 nitrogen and oxygen atoms in total. The summed E-state index contributed by atoms with van der Waals surface area (Å²) >= 11 is 0. The van der Waals surface area contributed by atoms with E-state index in [1.165, 1.54) is 24.8 Å². The molecule has 2 rings (SSSR count). The quantitative estimate of drug-likeness (QED) is 0.886. The van der Waals surface area contributed by atoms with Gasteiger partial charge in [-0.1, -0.05) is 38.8 Å². The molecule has 0 heterocycles. The first-order valence-corrected chi connectivity index (χ1v) is 7.38. The van der Waals surface area contributed by atoms with Crippen LogP contribution in [-0.4, -0.2) is 6.04 Å². The molecule has 19 heavy (non-hydrogen) atoms. The fourth-order valence-electron chi connectivity index (χ4n) is 3.08. The van der Waals surface area contributed by atoms with Gasteiger partial charge >= 0.3 is 0 Å². The maximum absolute atomic E-state index is 8.83. The molecule has 102 valence electrons. The van der Waals surface area contributed by atoms with Crippen molar-refractivity contribution in [3.8, 4) is 6.07 Å². The van der Waals surface area contributed by atoms with Crippen LogP contribution in [0.2, 0.25) is 0 Å². The van der Waals surface area contributed by atoms with Crippen LogP contribution in [0, 0.1) is 23.2 Å². The molecule has 0 unspecified atom stereocenters. The third kappa shape index (κ3) is 3.36. The van der Waals surface area contributed by atoms with Crippen LogP contribution in [0.5, 0.6) is 0 Å². The van der Waals surface area contributed by atoms with Gasteiger partial charge in [0.1, 0.15) is 0 Å².